The monoisotopic (exact) mass is 264 g/mol. The van der Waals surface area contributed by atoms with Gasteiger partial charge in [-0.3, -0.25) is 4.90 Å². The number of anilines is 1. The molecule has 3 rings (SSSR count). The zero-order valence-corrected chi connectivity index (χ0v) is 11.5. The third-order valence-corrected chi connectivity index (χ3v) is 4.17. The molecule has 2 fully saturated rings. The van der Waals surface area contributed by atoms with Gasteiger partial charge in [-0.2, -0.15) is 0 Å². The van der Waals surface area contributed by atoms with Crippen LogP contribution >= 0.6 is 0 Å². The topological polar surface area (TPSA) is 24.5 Å². The van der Waals surface area contributed by atoms with Crippen LogP contribution in [0.25, 0.3) is 0 Å². The van der Waals surface area contributed by atoms with E-state index in [0.29, 0.717) is 23.5 Å². The van der Waals surface area contributed by atoms with Crippen molar-refractivity contribution in [3.63, 3.8) is 0 Å². The highest BCUT2D eigenvalue weighted by Gasteiger charge is 2.38. The van der Waals surface area contributed by atoms with Crippen molar-refractivity contribution in [1.82, 2.24) is 4.90 Å². The van der Waals surface area contributed by atoms with Crippen molar-refractivity contribution in [2.45, 2.75) is 44.3 Å². The summed E-state index contributed by atoms with van der Waals surface area (Å²) in [7, 11) is 1.60. The molecule has 0 spiro atoms. The largest absolute Gasteiger partial charge is 0.497 e. The van der Waals surface area contributed by atoms with Gasteiger partial charge in [0.2, 0.25) is 0 Å². The van der Waals surface area contributed by atoms with Gasteiger partial charge in [0.15, 0.2) is 0 Å². The van der Waals surface area contributed by atoms with Gasteiger partial charge in [0.25, 0.3) is 0 Å². The number of rotatable bonds is 4. The SMILES string of the molecule is COc1ccc(F)c(NC2CC(C)N(C3CC3)C2)c1. The zero-order chi connectivity index (χ0) is 13.4. The van der Waals surface area contributed by atoms with Crippen LogP contribution in [0.15, 0.2) is 18.2 Å². The van der Waals surface area contributed by atoms with Crippen molar-refractivity contribution in [2.24, 2.45) is 0 Å². The Hall–Kier alpha value is -1.29. The fourth-order valence-electron chi connectivity index (χ4n) is 3.04. The average Bonchev–Trinajstić information content (AvgIpc) is 3.17. The molecule has 2 atom stereocenters. The quantitative estimate of drug-likeness (QED) is 0.905. The van der Waals surface area contributed by atoms with Crippen LogP contribution in [0.4, 0.5) is 10.1 Å². The van der Waals surface area contributed by atoms with Gasteiger partial charge < -0.3 is 10.1 Å². The molecule has 1 N–H and O–H groups in total. The van der Waals surface area contributed by atoms with E-state index in [0.717, 1.165) is 19.0 Å². The predicted molar refractivity (Wildman–Crippen MR) is 74.2 cm³/mol. The van der Waals surface area contributed by atoms with Crippen LogP contribution in [0.2, 0.25) is 0 Å². The number of ether oxygens (including phenoxy) is 1. The third-order valence-electron chi connectivity index (χ3n) is 4.17. The summed E-state index contributed by atoms with van der Waals surface area (Å²) in [4.78, 5) is 2.55. The standard InChI is InChI=1S/C15H21FN2O/c1-10-7-11(9-18(10)12-3-4-12)17-15-8-13(19-2)5-6-14(15)16/h5-6,8,10-12,17H,3-4,7,9H2,1-2H3. The van der Waals surface area contributed by atoms with Crippen LogP contribution < -0.4 is 10.1 Å². The molecule has 1 saturated carbocycles. The lowest BCUT2D eigenvalue weighted by Crippen LogP contribution is -2.31. The second-order valence-corrected chi connectivity index (χ2v) is 5.70. The van der Waals surface area contributed by atoms with Crippen molar-refractivity contribution < 1.29 is 9.13 Å². The molecule has 104 valence electrons. The van der Waals surface area contributed by atoms with E-state index in [1.807, 2.05) is 0 Å². The summed E-state index contributed by atoms with van der Waals surface area (Å²) in [5, 5.41) is 3.33. The first-order chi connectivity index (χ1) is 9.17. The molecule has 0 aromatic heterocycles. The van der Waals surface area contributed by atoms with Crippen molar-refractivity contribution >= 4 is 5.69 Å². The van der Waals surface area contributed by atoms with Crippen LogP contribution in [0.5, 0.6) is 5.75 Å². The number of likely N-dealkylation sites (tertiary alicyclic amines) is 1. The molecule has 1 aliphatic carbocycles. The van der Waals surface area contributed by atoms with E-state index in [4.69, 9.17) is 4.74 Å². The molecular weight excluding hydrogens is 243 g/mol. The van der Waals surface area contributed by atoms with Gasteiger partial charge in [0.05, 0.1) is 12.8 Å². The molecule has 1 saturated heterocycles. The van der Waals surface area contributed by atoms with Crippen LogP contribution in [-0.4, -0.2) is 36.7 Å². The van der Waals surface area contributed by atoms with Crippen molar-refractivity contribution in [1.29, 1.82) is 0 Å². The molecule has 1 heterocycles. The lowest BCUT2D eigenvalue weighted by Gasteiger charge is -2.20. The highest BCUT2D eigenvalue weighted by Crippen LogP contribution is 2.34. The van der Waals surface area contributed by atoms with Gasteiger partial charge in [0, 0.05) is 30.7 Å². The maximum atomic E-state index is 13.8. The Morgan fingerprint density at radius 2 is 2.16 bits per heavy atom. The third kappa shape index (κ3) is 2.68. The van der Waals surface area contributed by atoms with Gasteiger partial charge in [0.1, 0.15) is 11.6 Å². The van der Waals surface area contributed by atoms with Gasteiger partial charge in [-0.15, -0.1) is 0 Å². The van der Waals surface area contributed by atoms with E-state index in [1.54, 1.807) is 19.2 Å². The van der Waals surface area contributed by atoms with Crippen LogP contribution in [0.3, 0.4) is 0 Å². The van der Waals surface area contributed by atoms with E-state index in [1.165, 1.54) is 18.9 Å². The Labute approximate surface area is 113 Å². The summed E-state index contributed by atoms with van der Waals surface area (Å²) in [5.41, 5.74) is 0.550. The minimum absolute atomic E-state index is 0.210. The summed E-state index contributed by atoms with van der Waals surface area (Å²) in [6, 6.07) is 6.54. The molecule has 2 unspecified atom stereocenters. The first-order valence-corrected chi connectivity index (χ1v) is 7.03. The summed E-state index contributed by atoms with van der Waals surface area (Å²) >= 11 is 0. The van der Waals surface area contributed by atoms with Crippen molar-refractivity contribution in [3.05, 3.63) is 24.0 Å². The van der Waals surface area contributed by atoms with Crippen LogP contribution in [0.1, 0.15) is 26.2 Å². The minimum Gasteiger partial charge on any atom is -0.497 e. The number of benzene rings is 1. The lowest BCUT2D eigenvalue weighted by molar-refractivity contribution is 0.257. The Morgan fingerprint density at radius 1 is 1.37 bits per heavy atom. The second-order valence-electron chi connectivity index (χ2n) is 5.70. The molecule has 3 nitrogen and oxygen atoms in total. The van der Waals surface area contributed by atoms with E-state index >= 15 is 0 Å². The van der Waals surface area contributed by atoms with Gasteiger partial charge in [-0.05, 0) is 38.3 Å². The smallest absolute Gasteiger partial charge is 0.146 e. The Balaban J connectivity index is 1.68. The highest BCUT2D eigenvalue weighted by atomic mass is 19.1. The van der Waals surface area contributed by atoms with Gasteiger partial charge in [-0.25, -0.2) is 4.39 Å². The summed E-state index contributed by atoms with van der Waals surface area (Å²) in [6.07, 6.45) is 3.72. The van der Waals surface area contributed by atoms with Gasteiger partial charge in [-0.1, -0.05) is 0 Å². The number of nitrogens with one attached hydrogen (secondary N) is 1. The lowest BCUT2D eigenvalue weighted by atomic mass is 10.1. The minimum atomic E-state index is -0.210. The van der Waals surface area contributed by atoms with E-state index in [-0.39, 0.29) is 5.82 Å². The molecule has 4 heteroatoms. The normalized spacial score (nSPS) is 27.5. The maximum absolute atomic E-state index is 13.8. The Kier molecular flexibility index (Phi) is 3.35. The molecule has 19 heavy (non-hydrogen) atoms. The fraction of sp³-hybridized carbons (Fsp3) is 0.600. The molecule has 1 aliphatic heterocycles. The second kappa shape index (κ2) is 5.00. The summed E-state index contributed by atoms with van der Waals surface area (Å²) in [5.74, 6) is 0.479. The molecule has 1 aromatic rings. The number of hydrogen-bond acceptors (Lipinski definition) is 3. The molecular formula is C15H21FN2O. The van der Waals surface area contributed by atoms with Crippen LogP contribution in [-0.2, 0) is 0 Å². The average molecular weight is 264 g/mol. The van der Waals surface area contributed by atoms with E-state index in [9.17, 15) is 4.39 Å². The first-order valence-electron chi connectivity index (χ1n) is 7.03. The number of halogens is 1. The molecule has 0 amide bonds. The molecule has 0 radical (unpaired) electrons. The van der Waals surface area contributed by atoms with Crippen molar-refractivity contribution in [2.75, 3.05) is 19.0 Å². The number of nitrogens with zero attached hydrogens (tertiary/aromatic N) is 1. The molecule has 2 aliphatic rings. The number of methoxy groups -OCH3 is 1. The molecule has 1 aromatic carbocycles. The van der Waals surface area contributed by atoms with Crippen molar-refractivity contribution in [3.8, 4) is 5.75 Å². The first kappa shape index (κ1) is 12.7. The number of hydrogen-bond donors (Lipinski definition) is 1. The fourth-order valence-corrected chi connectivity index (χ4v) is 3.04. The van der Waals surface area contributed by atoms with Gasteiger partial charge >= 0.3 is 0 Å². The Bertz CT molecular complexity index is 461. The maximum Gasteiger partial charge on any atom is 0.146 e. The van der Waals surface area contributed by atoms with E-state index < -0.39 is 0 Å². The zero-order valence-electron chi connectivity index (χ0n) is 11.5. The van der Waals surface area contributed by atoms with E-state index in [2.05, 4.69) is 17.1 Å². The summed E-state index contributed by atoms with van der Waals surface area (Å²) in [6.45, 7) is 3.28. The Morgan fingerprint density at radius 3 is 2.84 bits per heavy atom. The highest BCUT2D eigenvalue weighted by molar-refractivity contribution is 5.50. The molecule has 0 bridgehead atoms. The predicted octanol–water partition coefficient (Wildman–Crippen LogP) is 2.87. The summed E-state index contributed by atoms with van der Waals surface area (Å²) < 4.78 is 18.9. The van der Waals surface area contributed by atoms with Crippen LogP contribution in [0, 0.1) is 5.82 Å².